The molecule has 0 aromatic carbocycles. The number of nitrogens with zero attached hydrogens (tertiary/aromatic N) is 4. The summed E-state index contributed by atoms with van der Waals surface area (Å²) in [5, 5.41) is 40.4. The SMILES string of the molecule is C[C@@]1(F)[C@H](O)[C@@H](CO)O[C@H]1n1cc(/C=N/O)c2c(NO)ncnc21. The van der Waals surface area contributed by atoms with E-state index in [1.807, 2.05) is 5.48 Å². The molecule has 2 aromatic rings. The first-order valence-electron chi connectivity index (χ1n) is 7.02. The van der Waals surface area contributed by atoms with Crippen LogP contribution in [0.1, 0.15) is 18.7 Å². The van der Waals surface area contributed by atoms with Gasteiger partial charge in [-0.1, -0.05) is 5.16 Å². The third kappa shape index (κ3) is 2.29. The number of oxime groups is 1. The number of nitrogens with one attached hydrogen (secondary N) is 1. The summed E-state index contributed by atoms with van der Waals surface area (Å²) in [6.07, 6.45) is -0.356. The van der Waals surface area contributed by atoms with Crippen LogP contribution in [0.25, 0.3) is 11.0 Å². The summed E-state index contributed by atoms with van der Waals surface area (Å²) in [4.78, 5) is 7.88. The van der Waals surface area contributed by atoms with Crippen LogP contribution in [0.15, 0.2) is 17.7 Å². The van der Waals surface area contributed by atoms with E-state index in [0.717, 1.165) is 19.5 Å². The van der Waals surface area contributed by atoms with Gasteiger partial charge in [-0.2, -0.15) is 0 Å². The highest BCUT2D eigenvalue weighted by Gasteiger charge is 2.55. The Bertz CT molecular complexity index is 779. The van der Waals surface area contributed by atoms with Crippen LogP contribution < -0.4 is 5.48 Å². The van der Waals surface area contributed by atoms with Gasteiger partial charge < -0.3 is 24.7 Å². The van der Waals surface area contributed by atoms with Gasteiger partial charge >= 0.3 is 0 Å². The third-order valence-electron chi connectivity index (χ3n) is 4.09. The van der Waals surface area contributed by atoms with Crippen LogP contribution in [-0.4, -0.2) is 65.9 Å². The molecule has 0 radical (unpaired) electrons. The molecule has 1 fully saturated rings. The molecule has 1 saturated heterocycles. The van der Waals surface area contributed by atoms with Crippen molar-refractivity contribution in [1.29, 1.82) is 0 Å². The number of hydrogen-bond donors (Lipinski definition) is 5. The lowest BCUT2D eigenvalue weighted by Crippen LogP contribution is -2.40. The van der Waals surface area contributed by atoms with Crippen LogP contribution in [0.4, 0.5) is 10.2 Å². The van der Waals surface area contributed by atoms with Gasteiger partial charge in [0.1, 0.15) is 24.2 Å². The molecule has 24 heavy (non-hydrogen) atoms. The minimum absolute atomic E-state index is 0.0199. The van der Waals surface area contributed by atoms with Gasteiger partial charge in [0.15, 0.2) is 17.7 Å². The van der Waals surface area contributed by atoms with Crippen molar-refractivity contribution in [2.24, 2.45) is 5.16 Å². The summed E-state index contributed by atoms with van der Waals surface area (Å²) in [5.74, 6) is 0.0199. The van der Waals surface area contributed by atoms with Crippen LogP contribution >= 0.6 is 0 Å². The Kier molecular flexibility index (Phi) is 4.09. The first-order chi connectivity index (χ1) is 11.5. The van der Waals surface area contributed by atoms with Gasteiger partial charge in [0.05, 0.1) is 18.2 Å². The highest BCUT2D eigenvalue weighted by atomic mass is 19.1. The predicted octanol–water partition coefficient (Wildman–Crippen LogP) is 0.0193. The first kappa shape index (κ1) is 16.5. The van der Waals surface area contributed by atoms with E-state index in [2.05, 4.69) is 15.1 Å². The third-order valence-corrected chi connectivity index (χ3v) is 4.09. The van der Waals surface area contributed by atoms with Gasteiger partial charge in [0.2, 0.25) is 0 Å². The molecule has 0 bridgehead atoms. The normalized spacial score (nSPS) is 30.5. The maximum Gasteiger partial charge on any atom is 0.181 e. The van der Waals surface area contributed by atoms with Crippen molar-refractivity contribution in [3.8, 4) is 0 Å². The molecule has 3 heterocycles. The minimum atomic E-state index is -2.22. The smallest absolute Gasteiger partial charge is 0.181 e. The molecule has 0 saturated carbocycles. The fourth-order valence-electron chi connectivity index (χ4n) is 2.90. The zero-order chi connectivity index (χ0) is 17.5. The van der Waals surface area contributed by atoms with Crippen LogP contribution in [0.2, 0.25) is 0 Å². The van der Waals surface area contributed by atoms with E-state index in [9.17, 15) is 19.8 Å². The van der Waals surface area contributed by atoms with E-state index >= 15 is 0 Å². The Morgan fingerprint density at radius 1 is 1.54 bits per heavy atom. The lowest BCUT2D eigenvalue weighted by atomic mass is 9.98. The lowest BCUT2D eigenvalue weighted by Gasteiger charge is -2.25. The second-order valence-corrected chi connectivity index (χ2v) is 5.57. The van der Waals surface area contributed by atoms with Crippen molar-refractivity contribution in [3.05, 3.63) is 18.1 Å². The van der Waals surface area contributed by atoms with Crippen molar-refractivity contribution in [3.63, 3.8) is 0 Å². The molecule has 4 atom stereocenters. The molecule has 1 aliphatic heterocycles. The summed E-state index contributed by atoms with van der Waals surface area (Å²) in [6.45, 7) is 0.593. The highest BCUT2D eigenvalue weighted by Crippen LogP contribution is 2.43. The van der Waals surface area contributed by atoms with E-state index in [-0.39, 0.29) is 22.4 Å². The van der Waals surface area contributed by atoms with Crippen molar-refractivity contribution in [1.82, 2.24) is 14.5 Å². The van der Waals surface area contributed by atoms with E-state index in [0.29, 0.717) is 0 Å². The van der Waals surface area contributed by atoms with Crippen molar-refractivity contribution >= 4 is 23.1 Å². The zero-order valence-electron chi connectivity index (χ0n) is 12.5. The number of aromatic nitrogens is 3. The van der Waals surface area contributed by atoms with Gasteiger partial charge in [-0.15, -0.1) is 0 Å². The number of halogens is 1. The summed E-state index contributed by atoms with van der Waals surface area (Å²) < 4.78 is 21.7. The van der Waals surface area contributed by atoms with Crippen LogP contribution in [-0.2, 0) is 4.74 Å². The molecule has 5 N–H and O–H groups in total. The van der Waals surface area contributed by atoms with Crippen molar-refractivity contribution in [2.75, 3.05) is 12.1 Å². The zero-order valence-corrected chi connectivity index (χ0v) is 12.5. The standard InChI is InChI=1S/C13H16FN5O5/c1-13(14)9(21)7(4-20)24-12(13)19-3-6(2-17-22)8-10(18-23)15-5-16-11(8)19/h2-3,5,7,9,12,20-23H,4H2,1H3,(H,15,16,18)/b17-2+/t7-,9-,12-,13-/m1/s1. The molecule has 0 amide bonds. The Morgan fingerprint density at radius 2 is 2.29 bits per heavy atom. The van der Waals surface area contributed by atoms with E-state index in [4.69, 9.17) is 9.94 Å². The monoisotopic (exact) mass is 341 g/mol. The average molecular weight is 341 g/mol. The van der Waals surface area contributed by atoms with E-state index < -0.39 is 30.7 Å². The molecule has 11 heteroatoms. The lowest BCUT2D eigenvalue weighted by molar-refractivity contribution is -0.0564. The Balaban J connectivity index is 2.20. The Morgan fingerprint density at radius 3 is 2.88 bits per heavy atom. The second kappa shape index (κ2) is 5.94. The highest BCUT2D eigenvalue weighted by molar-refractivity contribution is 6.03. The average Bonchev–Trinajstić information content (AvgIpc) is 3.04. The summed E-state index contributed by atoms with van der Waals surface area (Å²) in [7, 11) is 0. The predicted molar refractivity (Wildman–Crippen MR) is 78.8 cm³/mol. The van der Waals surface area contributed by atoms with Crippen LogP contribution in [0, 0.1) is 0 Å². The van der Waals surface area contributed by atoms with E-state index in [1.54, 1.807) is 0 Å². The van der Waals surface area contributed by atoms with Gasteiger partial charge in [-0.3, -0.25) is 10.7 Å². The molecule has 1 aliphatic rings. The van der Waals surface area contributed by atoms with Crippen LogP contribution in [0.5, 0.6) is 0 Å². The van der Waals surface area contributed by atoms with Gasteiger partial charge in [-0.05, 0) is 6.92 Å². The fraction of sp³-hybridized carbons (Fsp3) is 0.462. The maximum atomic E-state index is 15.0. The van der Waals surface area contributed by atoms with Gasteiger partial charge in [0.25, 0.3) is 0 Å². The van der Waals surface area contributed by atoms with Crippen molar-refractivity contribution in [2.45, 2.75) is 31.0 Å². The molecular weight excluding hydrogens is 325 g/mol. The number of rotatable bonds is 4. The molecule has 3 rings (SSSR count). The molecule has 2 aromatic heterocycles. The molecular formula is C13H16FN5O5. The number of aliphatic hydroxyl groups is 2. The number of ether oxygens (including phenoxy) is 1. The maximum absolute atomic E-state index is 15.0. The minimum Gasteiger partial charge on any atom is -0.411 e. The van der Waals surface area contributed by atoms with Gasteiger partial charge in [0, 0.05) is 11.8 Å². The number of alkyl halides is 1. The second-order valence-electron chi connectivity index (χ2n) is 5.57. The number of fused-ring (bicyclic) bond motifs is 1. The van der Waals surface area contributed by atoms with Crippen LogP contribution in [0.3, 0.4) is 0 Å². The first-order valence-corrected chi connectivity index (χ1v) is 7.02. The van der Waals surface area contributed by atoms with Crippen molar-refractivity contribution < 1.29 is 29.8 Å². The number of aliphatic hydroxyl groups excluding tert-OH is 2. The molecule has 130 valence electrons. The Labute approximate surface area is 134 Å². The molecule has 0 unspecified atom stereocenters. The molecule has 0 aliphatic carbocycles. The summed E-state index contributed by atoms with van der Waals surface area (Å²) in [6, 6.07) is 0. The fourth-order valence-corrected chi connectivity index (χ4v) is 2.90. The molecule has 10 nitrogen and oxygen atoms in total. The topological polar surface area (TPSA) is 145 Å². The number of hydrogen-bond acceptors (Lipinski definition) is 9. The summed E-state index contributed by atoms with van der Waals surface area (Å²) in [5.41, 5.74) is 0.133. The number of anilines is 1. The molecule has 0 spiro atoms. The van der Waals surface area contributed by atoms with E-state index in [1.165, 1.54) is 10.8 Å². The summed E-state index contributed by atoms with van der Waals surface area (Å²) >= 11 is 0. The quantitative estimate of drug-likeness (QED) is 0.297. The largest absolute Gasteiger partial charge is 0.411 e. The van der Waals surface area contributed by atoms with Gasteiger partial charge in [-0.25, -0.2) is 14.4 Å². The Hall–Kier alpha value is -2.34.